The molecule has 0 aromatic heterocycles. The molecule has 0 aliphatic heterocycles. The molecule has 39 heavy (non-hydrogen) atoms. The van der Waals surface area contributed by atoms with Gasteiger partial charge in [-0.05, 0) is 62.3 Å². The summed E-state index contributed by atoms with van der Waals surface area (Å²) in [4.78, 5) is 22.5. The molecule has 0 radical (unpaired) electrons. The zero-order valence-electron chi connectivity index (χ0n) is 22.9. The van der Waals surface area contributed by atoms with Crippen molar-refractivity contribution in [2.24, 2.45) is 5.92 Å². The van der Waals surface area contributed by atoms with Crippen molar-refractivity contribution in [3.63, 3.8) is 0 Å². The van der Waals surface area contributed by atoms with Crippen LogP contribution < -0.4 is 4.74 Å². The summed E-state index contributed by atoms with van der Waals surface area (Å²) in [5.74, 6) is 0.257. The smallest absolute Gasteiger partial charge is 0.507 e. The number of benzene rings is 2. The highest BCUT2D eigenvalue weighted by Gasteiger charge is 2.31. The molecule has 0 saturated carbocycles. The number of aromatic hydroxyl groups is 1. The van der Waals surface area contributed by atoms with Crippen LogP contribution in [-0.2, 0) is 31.4 Å². The number of ether oxygens (including phenoxy) is 2. The van der Waals surface area contributed by atoms with E-state index < -0.39 is 14.0 Å². The quantitative estimate of drug-likeness (QED) is 0.0850. The largest absolute Gasteiger partial charge is 0.513 e. The van der Waals surface area contributed by atoms with Gasteiger partial charge in [0, 0.05) is 17.9 Å². The molecule has 0 spiro atoms. The standard InChI is InChI=1S/C30H39O8P/c1-5-10-24-18-27(31)29(26-17-22(4)13-14-25(26)21(2)3)28(19-24)38-30(32)35-15-9-16-36-39(33,34)37-20-23-11-7-6-8-12-23/h6-8,11-12,17-19,25-26,31H,2,5,9-10,13-16,20H2,1,3-4H3,(H,33,34)/t25-,26+/m0/s1. The average molecular weight is 559 g/mol. The molecule has 3 atom stereocenters. The normalized spacial score (nSPS) is 18.6. The molecule has 0 bridgehead atoms. The van der Waals surface area contributed by atoms with E-state index in [9.17, 15) is 19.4 Å². The number of phenolic OH excluding ortho intramolecular Hbond substituents is 1. The number of rotatable bonds is 13. The third-order valence-electron chi connectivity index (χ3n) is 6.63. The maximum Gasteiger partial charge on any atom is 0.513 e. The Morgan fingerprint density at radius 2 is 1.87 bits per heavy atom. The van der Waals surface area contributed by atoms with E-state index >= 15 is 0 Å². The lowest BCUT2D eigenvalue weighted by Gasteiger charge is -2.32. The third kappa shape index (κ3) is 9.36. The van der Waals surface area contributed by atoms with Gasteiger partial charge in [-0.2, -0.15) is 0 Å². The van der Waals surface area contributed by atoms with E-state index in [1.54, 1.807) is 36.4 Å². The second-order valence-electron chi connectivity index (χ2n) is 9.92. The lowest BCUT2D eigenvalue weighted by molar-refractivity contribution is 0.0880. The molecular formula is C30H39O8P. The summed E-state index contributed by atoms with van der Waals surface area (Å²) in [5.41, 5.74) is 4.34. The van der Waals surface area contributed by atoms with Gasteiger partial charge in [-0.1, -0.05) is 67.5 Å². The Bertz CT molecular complexity index is 1210. The van der Waals surface area contributed by atoms with E-state index in [1.165, 1.54) is 5.57 Å². The van der Waals surface area contributed by atoms with E-state index in [1.807, 2.05) is 19.9 Å². The van der Waals surface area contributed by atoms with Gasteiger partial charge in [0.05, 0.1) is 19.8 Å². The molecule has 3 rings (SSSR count). The van der Waals surface area contributed by atoms with E-state index in [2.05, 4.69) is 19.6 Å². The Balaban J connectivity index is 1.60. The minimum absolute atomic E-state index is 0.0638. The Labute approximate surface area is 230 Å². The number of hydrogen-bond acceptors (Lipinski definition) is 7. The summed E-state index contributed by atoms with van der Waals surface area (Å²) in [6.07, 6.45) is 4.76. The van der Waals surface area contributed by atoms with E-state index in [0.717, 1.165) is 36.0 Å². The van der Waals surface area contributed by atoms with Crippen molar-refractivity contribution in [3.05, 3.63) is 83.0 Å². The lowest BCUT2D eigenvalue weighted by Crippen LogP contribution is -2.20. The minimum Gasteiger partial charge on any atom is -0.507 e. The molecule has 1 unspecified atom stereocenters. The Hall–Kier alpha value is -2.90. The number of hydrogen-bond donors (Lipinski definition) is 2. The van der Waals surface area contributed by atoms with Crippen molar-refractivity contribution >= 4 is 14.0 Å². The number of carbonyl (C=O) groups excluding carboxylic acids is 1. The van der Waals surface area contributed by atoms with E-state index in [4.69, 9.17) is 18.5 Å². The second-order valence-corrected chi connectivity index (χ2v) is 11.4. The molecule has 2 aromatic rings. The van der Waals surface area contributed by atoms with Crippen LogP contribution >= 0.6 is 7.82 Å². The van der Waals surface area contributed by atoms with Crippen LogP contribution in [0.15, 0.2) is 66.3 Å². The van der Waals surface area contributed by atoms with Crippen LogP contribution in [0.3, 0.4) is 0 Å². The molecule has 0 fully saturated rings. The van der Waals surface area contributed by atoms with Crippen molar-refractivity contribution in [1.29, 1.82) is 0 Å². The van der Waals surface area contributed by atoms with Gasteiger partial charge >= 0.3 is 14.0 Å². The first-order chi connectivity index (χ1) is 18.6. The highest BCUT2D eigenvalue weighted by Crippen LogP contribution is 2.47. The minimum atomic E-state index is -4.25. The van der Waals surface area contributed by atoms with Crippen LogP contribution in [0.2, 0.25) is 0 Å². The van der Waals surface area contributed by atoms with Crippen LogP contribution in [0.5, 0.6) is 11.5 Å². The van der Waals surface area contributed by atoms with Crippen molar-refractivity contribution < 1.29 is 37.9 Å². The lowest BCUT2D eigenvalue weighted by atomic mass is 9.73. The first-order valence-corrected chi connectivity index (χ1v) is 14.8. The number of carbonyl (C=O) groups is 1. The predicted molar refractivity (Wildman–Crippen MR) is 150 cm³/mol. The van der Waals surface area contributed by atoms with Gasteiger partial charge in [-0.15, -0.1) is 0 Å². The van der Waals surface area contributed by atoms with Gasteiger partial charge in [-0.25, -0.2) is 9.36 Å². The number of allylic oxidation sites excluding steroid dienone is 3. The van der Waals surface area contributed by atoms with E-state index in [-0.39, 0.29) is 49.6 Å². The van der Waals surface area contributed by atoms with Gasteiger partial charge in [0.25, 0.3) is 0 Å². The summed E-state index contributed by atoms with van der Waals surface area (Å²) >= 11 is 0. The highest BCUT2D eigenvalue weighted by molar-refractivity contribution is 7.47. The van der Waals surface area contributed by atoms with E-state index in [0.29, 0.717) is 12.0 Å². The Morgan fingerprint density at radius 3 is 2.56 bits per heavy atom. The summed E-state index contributed by atoms with van der Waals surface area (Å²) in [5, 5.41) is 11.0. The van der Waals surface area contributed by atoms with Crippen LogP contribution in [0.4, 0.5) is 4.79 Å². The molecule has 8 nitrogen and oxygen atoms in total. The van der Waals surface area contributed by atoms with Crippen molar-refractivity contribution in [2.45, 2.75) is 65.4 Å². The van der Waals surface area contributed by atoms with Gasteiger partial charge in [0.1, 0.15) is 11.5 Å². The fourth-order valence-corrected chi connectivity index (χ4v) is 5.45. The van der Waals surface area contributed by atoms with Gasteiger partial charge in [0.15, 0.2) is 0 Å². The molecule has 1 aliphatic rings. The maximum atomic E-state index is 12.6. The van der Waals surface area contributed by atoms with Crippen LogP contribution in [0, 0.1) is 5.92 Å². The summed E-state index contributed by atoms with van der Waals surface area (Å²) in [6.45, 7) is 9.90. The van der Waals surface area contributed by atoms with Gasteiger partial charge in [-0.3, -0.25) is 9.05 Å². The number of phosphoric acid groups is 1. The van der Waals surface area contributed by atoms with Crippen LogP contribution in [0.25, 0.3) is 0 Å². The zero-order valence-corrected chi connectivity index (χ0v) is 23.8. The molecule has 0 amide bonds. The first-order valence-electron chi connectivity index (χ1n) is 13.3. The molecule has 0 saturated heterocycles. The predicted octanol–water partition coefficient (Wildman–Crippen LogP) is 7.60. The van der Waals surface area contributed by atoms with Crippen LogP contribution in [-0.4, -0.2) is 29.4 Å². The van der Waals surface area contributed by atoms with Crippen molar-refractivity contribution in [2.75, 3.05) is 13.2 Å². The summed E-state index contributed by atoms with van der Waals surface area (Å²) in [6, 6.07) is 12.5. The number of aryl methyl sites for hydroxylation is 1. The summed E-state index contributed by atoms with van der Waals surface area (Å²) in [7, 11) is -4.25. The van der Waals surface area contributed by atoms with Crippen molar-refractivity contribution in [3.8, 4) is 11.5 Å². The fourth-order valence-electron chi connectivity index (χ4n) is 4.71. The zero-order chi connectivity index (χ0) is 28.4. The Morgan fingerprint density at radius 1 is 1.13 bits per heavy atom. The SMILES string of the molecule is C=C(C)[C@@H]1CCC(C)=C[C@H]1c1c(O)cc(CCC)cc1OC(=O)OCCCOP(=O)(O)OCc1ccccc1. The topological polar surface area (TPSA) is 112 Å². The molecule has 0 heterocycles. The monoisotopic (exact) mass is 558 g/mol. The third-order valence-corrected chi connectivity index (χ3v) is 7.59. The number of phenols is 1. The molecule has 1 aliphatic carbocycles. The number of phosphoric ester groups is 1. The molecular weight excluding hydrogens is 519 g/mol. The summed E-state index contributed by atoms with van der Waals surface area (Å²) < 4.78 is 32.8. The second kappa shape index (κ2) is 14.5. The molecule has 2 N–H and O–H groups in total. The first kappa shape index (κ1) is 30.6. The average Bonchev–Trinajstić information content (AvgIpc) is 2.88. The molecule has 9 heteroatoms. The fraction of sp³-hybridized carbons (Fsp3) is 0.433. The van der Waals surface area contributed by atoms with Crippen LogP contribution in [0.1, 0.15) is 69.1 Å². The highest BCUT2D eigenvalue weighted by atomic mass is 31.2. The Kier molecular flexibility index (Phi) is 11.4. The van der Waals surface area contributed by atoms with Crippen molar-refractivity contribution in [1.82, 2.24) is 0 Å². The van der Waals surface area contributed by atoms with Gasteiger partial charge in [0.2, 0.25) is 0 Å². The maximum absolute atomic E-state index is 12.6. The van der Waals surface area contributed by atoms with Gasteiger partial charge < -0.3 is 19.5 Å². The molecule has 212 valence electrons. The molecule has 2 aromatic carbocycles.